The second-order valence-corrected chi connectivity index (χ2v) is 5.68. The Hall–Kier alpha value is -2.21. The SMILES string of the molecule is [2H]C([2H])(OCC(NC(=O)CNC(=O)CI)C(=O)NCC(=O)O)c1ccccc1. The van der Waals surface area contributed by atoms with Gasteiger partial charge in [0.2, 0.25) is 17.7 Å². The lowest BCUT2D eigenvalue weighted by molar-refractivity contribution is -0.138. The smallest absolute Gasteiger partial charge is 0.322 e. The number of nitrogens with one attached hydrogen (secondary N) is 3. The molecule has 0 aliphatic rings. The summed E-state index contributed by atoms with van der Waals surface area (Å²) in [7, 11) is 0. The summed E-state index contributed by atoms with van der Waals surface area (Å²) in [6.45, 7) is -3.87. The van der Waals surface area contributed by atoms with Crippen LogP contribution in [-0.4, -0.2) is 59.0 Å². The van der Waals surface area contributed by atoms with Gasteiger partial charge in [-0.15, -0.1) is 0 Å². The highest BCUT2D eigenvalue weighted by Gasteiger charge is 2.21. The van der Waals surface area contributed by atoms with Crippen LogP contribution in [0.5, 0.6) is 0 Å². The number of alkyl halides is 1. The van der Waals surface area contributed by atoms with Gasteiger partial charge in [-0.05, 0) is 5.56 Å². The zero-order chi connectivity index (χ0) is 21.2. The molecule has 9 nitrogen and oxygen atoms in total. The molecule has 1 rings (SSSR count). The molecule has 0 aromatic heterocycles. The van der Waals surface area contributed by atoms with Crippen LogP contribution in [0.2, 0.25) is 0 Å². The summed E-state index contributed by atoms with van der Waals surface area (Å²) in [5.41, 5.74) is 0.209. The molecule has 1 unspecified atom stereocenters. The van der Waals surface area contributed by atoms with E-state index in [1.165, 1.54) is 12.1 Å². The van der Waals surface area contributed by atoms with E-state index in [1.54, 1.807) is 18.2 Å². The van der Waals surface area contributed by atoms with Crippen LogP contribution in [-0.2, 0) is 30.5 Å². The third kappa shape index (κ3) is 9.32. The molecule has 0 aliphatic heterocycles. The summed E-state index contributed by atoms with van der Waals surface area (Å²) < 4.78 is 21.3. The van der Waals surface area contributed by atoms with Gasteiger partial charge in [0.15, 0.2) is 0 Å². The minimum atomic E-state index is -2.24. The van der Waals surface area contributed by atoms with Crippen molar-refractivity contribution in [2.45, 2.75) is 12.6 Å². The van der Waals surface area contributed by atoms with Crippen LogP contribution in [0.3, 0.4) is 0 Å². The maximum Gasteiger partial charge on any atom is 0.322 e. The first-order chi connectivity index (χ1) is 13.2. The van der Waals surface area contributed by atoms with Crippen molar-refractivity contribution < 1.29 is 31.8 Å². The Labute approximate surface area is 166 Å². The van der Waals surface area contributed by atoms with Crippen molar-refractivity contribution in [2.24, 2.45) is 0 Å². The molecule has 26 heavy (non-hydrogen) atoms. The van der Waals surface area contributed by atoms with E-state index < -0.39 is 50.1 Å². The Kier molecular flexibility index (Phi) is 8.71. The summed E-state index contributed by atoms with van der Waals surface area (Å²) in [6.07, 6.45) is 0. The zero-order valence-electron chi connectivity index (χ0n) is 15.7. The minimum Gasteiger partial charge on any atom is -0.480 e. The van der Waals surface area contributed by atoms with E-state index in [0.29, 0.717) is 0 Å². The van der Waals surface area contributed by atoms with Gasteiger partial charge >= 0.3 is 5.97 Å². The van der Waals surface area contributed by atoms with E-state index in [1.807, 2.05) is 22.6 Å². The van der Waals surface area contributed by atoms with Gasteiger partial charge in [-0.2, -0.15) is 0 Å². The molecule has 3 amide bonds. The lowest BCUT2D eigenvalue weighted by Crippen LogP contribution is -2.52. The van der Waals surface area contributed by atoms with Gasteiger partial charge in [0.1, 0.15) is 12.6 Å². The molecule has 0 saturated heterocycles. The number of carboxylic acid groups (broad SMARTS) is 1. The van der Waals surface area contributed by atoms with E-state index in [4.69, 9.17) is 12.6 Å². The standard InChI is InChI=1S/C16H20IN3O6/c17-6-13(21)18-7-14(22)20-12(16(25)19-8-15(23)24)10-26-9-11-4-2-1-3-5-11/h1-5,12H,6-10H2,(H,18,21)(H,19,25)(H,20,22)(H,23,24)/i9D2. The first kappa shape index (κ1) is 18.6. The van der Waals surface area contributed by atoms with Crippen LogP contribution < -0.4 is 16.0 Å². The molecule has 0 radical (unpaired) electrons. The number of carbonyl (C=O) groups is 4. The maximum absolute atomic E-state index is 12.2. The molecule has 142 valence electrons. The van der Waals surface area contributed by atoms with Crippen molar-refractivity contribution in [1.82, 2.24) is 16.0 Å². The molecule has 0 spiro atoms. The number of carbonyl (C=O) groups excluding carboxylic acids is 3. The van der Waals surface area contributed by atoms with Crippen molar-refractivity contribution in [3.8, 4) is 0 Å². The van der Waals surface area contributed by atoms with Crippen molar-refractivity contribution in [3.05, 3.63) is 35.9 Å². The fourth-order valence-electron chi connectivity index (χ4n) is 1.65. The molecule has 1 atom stereocenters. The van der Waals surface area contributed by atoms with E-state index in [-0.39, 0.29) is 15.9 Å². The third-order valence-corrected chi connectivity index (χ3v) is 3.54. The molecule has 0 saturated carbocycles. The average molecular weight is 479 g/mol. The van der Waals surface area contributed by atoms with Crippen LogP contribution in [0.25, 0.3) is 0 Å². The Morgan fingerprint density at radius 3 is 2.42 bits per heavy atom. The summed E-state index contributed by atoms with van der Waals surface area (Å²) in [5, 5.41) is 15.4. The monoisotopic (exact) mass is 479 g/mol. The number of ether oxygens (including phenoxy) is 1. The minimum absolute atomic E-state index is 0.147. The lowest BCUT2D eigenvalue weighted by atomic mass is 10.2. The summed E-state index contributed by atoms with van der Waals surface area (Å²) in [6, 6.07) is 6.57. The predicted octanol–water partition coefficient (Wildman–Crippen LogP) is -0.560. The Morgan fingerprint density at radius 1 is 1.12 bits per heavy atom. The summed E-state index contributed by atoms with van der Waals surface area (Å²) in [5.74, 6) is -3.23. The lowest BCUT2D eigenvalue weighted by Gasteiger charge is -2.18. The van der Waals surface area contributed by atoms with Gasteiger partial charge in [0, 0.05) is 0 Å². The quantitative estimate of drug-likeness (QED) is 0.249. The maximum atomic E-state index is 12.2. The number of hydrogen-bond acceptors (Lipinski definition) is 5. The molecule has 1 aromatic rings. The van der Waals surface area contributed by atoms with E-state index in [2.05, 4.69) is 16.0 Å². The fourth-order valence-corrected chi connectivity index (χ4v) is 1.92. The number of benzene rings is 1. The van der Waals surface area contributed by atoms with Crippen LogP contribution in [0, 0.1) is 0 Å². The van der Waals surface area contributed by atoms with Crippen molar-refractivity contribution in [1.29, 1.82) is 0 Å². The average Bonchev–Trinajstić information content (AvgIpc) is 2.67. The molecule has 4 N–H and O–H groups in total. The number of carboxylic acids is 1. The Bertz CT molecular complexity index is 705. The highest BCUT2D eigenvalue weighted by atomic mass is 127. The largest absolute Gasteiger partial charge is 0.480 e. The van der Waals surface area contributed by atoms with E-state index >= 15 is 0 Å². The second-order valence-electron chi connectivity index (χ2n) is 4.92. The number of halogens is 1. The van der Waals surface area contributed by atoms with Gasteiger partial charge in [-0.25, -0.2) is 0 Å². The number of hydrogen-bond donors (Lipinski definition) is 4. The molecule has 1 aromatic carbocycles. The van der Waals surface area contributed by atoms with Crippen LogP contribution in [0.4, 0.5) is 0 Å². The summed E-state index contributed by atoms with van der Waals surface area (Å²) in [4.78, 5) is 45.9. The van der Waals surface area contributed by atoms with Crippen molar-refractivity contribution in [3.63, 3.8) is 0 Å². The van der Waals surface area contributed by atoms with E-state index in [0.717, 1.165) is 0 Å². The molecule has 0 heterocycles. The highest BCUT2D eigenvalue weighted by molar-refractivity contribution is 14.1. The molecule has 0 aliphatic carbocycles. The fraction of sp³-hybridized carbons (Fsp3) is 0.375. The van der Waals surface area contributed by atoms with Crippen LogP contribution in [0.15, 0.2) is 30.3 Å². The van der Waals surface area contributed by atoms with Gasteiger partial charge in [0.05, 0.1) is 26.9 Å². The topological polar surface area (TPSA) is 134 Å². The Morgan fingerprint density at radius 2 is 1.81 bits per heavy atom. The summed E-state index contributed by atoms with van der Waals surface area (Å²) >= 11 is 1.82. The number of aliphatic carboxylic acids is 1. The molecule has 0 fully saturated rings. The first-order valence-electron chi connectivity index (χ1n) is 8.46. The number of rotatable bonds is 11. The Balaban J connectivity index is 2.76. The third-order valence-electron chi connectivity index (χ3n) is 2.85. The highest BCUT2D eigenvalue weighted by Crippen LogP contribution is 2.01. The van der Waals surface area contributed by atoms with Crippen LogP contribution in [0.1, 0.15) is 8.30 Å². The van der Waals surface area contributed by atoms with Gasteiger partial charge < -0.3 is 25.8 Å². The molecular weight excluding hydrogens is 457 g/mol. The van der Waals surface area contributed by atoms with Crippen LogP contribution >= 0.6 is 22.6 Å². The first-order valence-corrected chi connectivity index (χ1v) is 8.99. The van der Waals surface area contributed by atoms with Crippen molar-refractivity contribution >= 4 is 46.3 Å². The zero-order valence-corrected chi connectivity index (χ0v) is 15.8. The molecule has 10 heteroatoms. The van der Waals surface area contributed by atoms with Gasteiger partial charge in [-0.1, -0.05) is 52.9 Å². The van der Waals surface area contributed by atoms with Crippen molar-refractivity contribution in [2.75, 3.05) is 24.1 Å². The van der Waals surface area contributed by atoms with Gasteiger partial charge in [0.25, 0.3) is 0 Å². The second kappa shape index (κ2) is 12.2. The molecule has 0 bridgehead atoms. The van der Waals surface area contributed by atoms with Gasteiger partial charge in [-0.3, -0.25) is 19.2 Å². The predicted molar refractivity (Wildman–Crippen MR) is 101 cm³/mol. The molecular formula is C16H20IN3O6. The normalized spacial score (nSPS) is 13.0. The number of amides is 3. The van der Waals surface area contributed by atoms with E-state index in [9.17, 15) is 19.2 Å².